The maximum absolute atomic E-state index is 13.9. The van der Waals surface area contributed by atoms with Crippen molar-refractivity contribution in [1.82, 2.24) is 9.61 Å². The number of nitriles is 1. The third-order valence-electron chi connectivity index (χ3n) is 5.15. The first-order valence-electron chi connectivity index (χ1n) is 9.20. The van der Waals surface area contributed by atoms with Crippen molar-refractivity contribution < 1.29 is 13.9 Å². The lowest BCUT2D eigenvalue weighted by molar-refractivity contribution is -0.0554. The molecule has 3 heterocycles. The lowest BCUT2D eigenvalue weighted by Crippen LogP contribution is -2.55. The van der Waals surface area contributed by atoms with Crippen LogP contribution >= 0.6 is 11.3 Å². The van der Waals surface area contributed by atoms with E-state index >= 15 is 0 Å². The van der Waals surface area contributed by atoms with Crippen LogP contribution < -0.4 is 16.4 Å². The molecule has 10 heteroatoms. The third kappa shape index (κ3) is 3.76. The molecule has 1 saturated carbocycles. The molecular weight excluding hydrogens is 398 g/mol. The van der Waals surface area contributed by atoms with E-state index in [0.717, 1.165) is 5.52 Å². The van der Waals surface area contributed by atoms with Gasteiger partial charge in [-0.3, -0.25) is 0 Å². The lowest BCUT2D eigenvalue weighted by Gasteiger charge is -2.36. The van der Waals surface area contributed by atoms with Crippen molar-refractivity contribution >= 4 is 28.4 Å². The van der Waals surface area contributed by atoms with Gasteiger partial charge in [-0.25, -0.2) is 13.3 Å². The SMILES string of the molecule is N#Cc1sccc1NC(O)c1ccc2ccc(N[C@@H]3CCCC(F)(F)[C@@H]3N)nn12. The Morgan fingerprint density at radius 2 is 2.14 bits per heavy atom. The fourth-order valence-corrected chi connectivity index (χ4v) is 4.22. The summed E-state index contributed by atoms with van der Waals surface area (Å²) >= 11 is 1.27. The minimum Gasteiger partial charge on any atom is -0.368 e. The highest BCUT2D eigenvalue weighted by Crippen LogP contribution is 2.33. The van der Waals surface area contributed by atoms with Crippen LogP contribution in [0.5, 0.6) is 0 Å². The van der Waals surface area contributed by atoms with Crippen molar-refractivity contribution in [2.75, 3.05) is 10.6 Å². The van der Waals surface area contributed by atoms with Gasteiger partial charge in [-0.2, -0.15) is 10.4 Å². The number of nitrogens with zero attached hydrogens (tertiary/aromatic N) is 3. The summed E-state index contributed by atoms with van der Waals surface area (Å²) in [5.74, 6) is -2.51. The first kappa shape index (κ1) is 19.6. The quantitative estimate of drug-likeness (QED) is 0.473. The van der Waals surface area contributed by atoms with Crippen molar-refractivity contribution in [3.63, 3.8) is 0 Å². The number of aromatic nitrogens is 2. The fourth-order valence-electron chi connectivity index (χ4n) is 3.57. The monoisotopic (exact) mass is 418 g/mol. The highest BCUT2D eigenvalue weighted by molar-refractivity contribution is 7.11. The molecule has 3 atom stereocenters. The van der Waals surface area contributed by atoms with E-state index in [-0.39, 0.29) is 6.42 Å². The number of nitrogens with one attached hydrogen (secondary N) is 2. The average Bonchev–Trinajstić information content (AvgIpc) is 3.31. The predicted molar refractivity (Wildman–Crippen MR) is 107 cm³/mol. The molecule has 3 aromatic rings. The molecule has 1 aliphatic carbocycles. The summed E-state index contributed by atoms with van der Waals surface area (Å²) in [6.45, 7) is 0. The third-order valence-corrected chi connectivity index (χ3v) is 5.97. The van der Waals surface area contributed by atoms with Crippen LogP contribution in [-0.4, -0.2) is 32.7 Å². The number of thiophene rings is 1. The molecule has 0 saturated heterocycles. The average molecular weight is 418 g/mol. The highest BCUT2D eigenvalue weighted by Gasteiger charge is 2.44. The zero-order chi connectivity index (χ0) is 20.6. The van der Waals surface area contributed by atoms with Gasteiger partial charge in [0.1, 0.15) is 16.8 Å². The Balaban J connectivity index is 1.57. The van der Waals surface area contributed by atoms with Crippen LogP contribution in [0.3, 0.4) is 0 Å². The Hall–Kier alpha value is -2.74. The Morgan fingerprint density at radius 1 is 1.34 bits per heavy atom. The van der Waals surface area contributed by atoms with Gasteiger partial charge in [-0.15, -0.1) is 11.3 Å². The van der Waals surface area contributed by atoms with E-state index in [1.165, 1.54) is 15.9 Å². The van der Waals surface area contributed by atoms with Crippen molar-refractivity contribution in [3.8, 4) is 6.07 Å². The molecule has 5 N–H and O–H groups in total. The van der Waals surface area contributed by atoms with Gasteiger partial charge in [-0.1, -0.05) is 0 Å². The Labute approximate surface area is 169 Å². The van der Waals surface area contributed by atoms with E-state index in [4.69, 9.17) is 11.0 Å². The number of alkyl halides is 2. The fraction of sp³-hybridized carbons (Fsp3) is 0.368. The van der Waals surface area contributed by atoms with Gasteiger partial charge in [0.05, 0.1) is 22.9 Å². The number of nitrogens with two attached hydrogens (primary N) is 1. The van der Waals surface area contributed by atoms with Gasteiger partial charge in [-0.05, 0) is 48.6 Å². The van der Waals surface area contributed by atoms with Crippen LogP contribution in [0.15, 0.2) is 35.7 Å². The van der Waals surface area contributed by atoms with Crippen molar-refractivity contribution in [3.05, 3.63) is 46.3 Å². The molecule has 0 aliphatic heterocycles. The van der Waals surface area contributed by atoms with Crippen LogP contribution in [0.1, 0.15) is 36.1 Å². The molecule has 29 heavy (non-hydrogen) atoms. The number of hydrogen-bond donors (Lipinski definition) is 4. The number of hydrogen-bond acceptors (Lipinski definition) is 7. The number of aliphatic hydroxyl groups is 1. The number of aliphatic hydroxyl groups excluding tert-OH is 1. The van der Waals surface area contributed by atoms with E-state index in [1.54, 1.807) is 35.7 Å². The number of anilines is 2. The summed E-state index contributed by atoms with van der Waals surface area (Å²) in [4.78, 5) is 0.465. The second-order valence-electron chi connectivity index (χ2n) is 7.07. The normalized spacial score (nSPS) is 22.2. The summed E-state index contributed by atoms with van der Waals surface area (Å²) in [7, 11) is 0. The molecule has 7 nitrogen and oxygen atoms in total. The van der Waals surface area contributed by atoms with E-state index in [2.05, 4.69) is 21.8 Å². The predicted octanol–water partition coefficient (Wildman–Crippen LogP) is 3.30. The van der Waals surface area contributed by atoms with E-state index in [0.29, 0.717) is 34.9 Å². The smallest absolute Gasteiger partial charge is 0.264 e. The summed E-state index contributed by atoms with van der Waals surface area (Å²) in [6, 6.07) is 8.89. The Bertz CT molecular complexity index is 1060. The van der Waals surface area contributed by atoms with Gasteiger partial charge in [0.2, 0.25) is 0 Å². The summed E-state index contributed by atoms with van der Waals surface area (Å²) in [5.41, 5.74) is 7.48. The molecule has 0 aromatic carbocycles. The van der Waals surface area contributed by atoms with Crippen LogP contribution in [0.2, 0.25) is 0 Å². The topological polar surface area (TPSA) is 111 Å². The zero-order valence-electron chi connectivity index (χ0n) is 15.3. The number of fused-ring (bicyclic) bond motifs is 1. The van der Waals surface area contributed by atoms with Crippen molar-refractivity contribution in [2.45, 2.75) is 43.5 Å². The standard InChI is InChI=1S/C19H20F2N6OS/c20-19(21)8-1-2-13(17(19)23)24-16-6-4-11-3-5-14(27(11)26-16)18(28)25-12-7-9-29-15(12)10-22/h3-7,9,13,17-18,25,28H,1-2,8,23H2,(H,24,26)/t13-,17-,18?/m1/s1. The minimum absolute atomic E-state index is 0.203. The Kier molecular flexibility index (Phi) is 5.12. The summed E-state index contributed by atoms with van der Waals surface area (Å²) < 4.78 is 29.4. The summed E-state index contributed by atoms with van der Waals surface area (Å²) in [6.07, 6.45) is -0.386. The maximum Gasteiger partial charge on any atom is 0.264 e. The molecule has 3 aromatic heterocycles. The molecular formula is C19H20F2N6OS. The molecule has 0 amide bonds. The molecule has 1 aliphatic rings. The van der Waals surface area contributed by atoms with E-state index in [1.807, 2.05) is 0 Å². The van der Waals surface area contributed by atoms with Gasteiger partial charge in [0.15, 0.2) is 6.23 Å². The maximum atomic E-state index is 13.9. The minimum atomic E-state index is -2.91. The van der Waals surface area contributed by atoms with Gasteiger partial charge < -0.3 is 21.5 Å². The first-order chi connectivity index (χ1) is 13.9. The van der Waals surface area contributed by atoms with E-state index < -0.39 is 24.2 Å². The van der Waals surface area contributed by atoms with Gasteiger partial charge in [0.25, 0.3) is 5.92 Å². The molecule has 4 rings (SSSR count). The summed E-state index contributed by atoms with van der Waals surface area (Å²) in [5, 5.41) is 31.8. The molecule has 0 spiro atoms. The van der Waals surface area contributed by atoms with Gasteiger partial charge in [0, 0.05) is 12.5 Å². The first-order valence-corrected chi connectivity index (χ1v) is 10.1. The van der Waals surface area contributed by atoms with Crippen LogP contribution in [0.25, 0.3) is 5.52 Å². The lowest BCUT2D eigenvalue weighted by atomic mass is 9.87. The molecule has 1 fully saturated rings. The van der Waals surface area contributed by atoms with Crippen molar-refractivity contribution in [1.29, 1.82) is 5.26 Å². The second kappa shape index (κ2) is 7.59. The van der Waals surface area contributed by atoms with Crippen LogP contribution in [-0.2, 0) is 0 Å². The second-order valence-corrected chi connectivity index (χ2v) is 7.98. The van der Waals surface area contributed by atoms with Crippen LogP contribution in [0, 0.1) is 11.3 Å². The number of halogens is 2. The zero-order valence-corrected chi connectivity index (χ0v) is 16.2. The largest absolute Gasteiger partial charge is 0.368 e. The number of rotatable bonds is 5. The molecule has 0 radical (unpaired) electrons. The molecule has 1 unspecified atom stereocenters. The van der Waals surface area contributed by atoms with Crippen LogP contribution in [0.4, 0.5) is 20.3 Å². The highest BCUT2D eigenvalue weighted by atomic mass is 32.1. The van der Waals surface area contributed by atoms with E-state index in [9.17, 15) is 13.9 Å². The molecule has 0 bridgehead atoms. The Morgan fingerprint density at radius 3 is 2.93 bits per heavy atom. The van der Waals surface area contributed by atoms with Crippen molar-refractivity contribution in [2.24, 2.45) is 5.73 Å². The molecule has 152 valence electrons. The van der Waals surface area contributed by atoms with Gasteiger partial charge >= 0.3 is 0 Å².